The molecule has 2 nitrogen and oxygen atoms in total. The van der Waals surface area contributed by atoms with E-state index in [-0.39, 0.29) is 24.3 Å². The Hall–Kier alpha value is 1.38. The first-order valence-electron chi connectivity index (χ1n) is 4.14. The van der Waals surface area contributed by atoms with Gasteiger partial charge in [-0.3, -0.25) is 0 Å². The van der Waals surface area contributed by atoms with Crippen molar-refractivity contribution in [3.05, 3.63) is 0 Å². The second-order valence-electron chi connectivity index (χ2n) is 3.19. The maximum atomic E-state index is 9.38. The third-order valence-corrected chi connectivity index (χ3v) is 2.78. The van der Waals surface area contributed by atoms with Crippen LogP contribution in [0.5, 0.6) is 0 Å². The Labute approximate surface area is 91.5 Å². The van der Waals surface area contributed by atoms with Crippen molar-refractivity contribution in [1.82, 2.24) is 0 Å². The Morgan fingerprint density at radius 1 is 1.64 bits per heavy atom. The van der Waals surface area contributed by atoms with Crippen LogP contribution in [0, 0.1) is 11.3 Å². The summed E-state index contributed by atoms with van der Waals surface area (Å²) in [7, 11) is 0. The van der Waals surface area contributed by atoms with E-state index in [2.05, 4.69) is 37.2 Å². The molecule has 2 saturated carbocycles. The lowest BCUT2D eigenvalue weighted by Gasteiger charge is -2.13. The Morgan fingerprint density at radius 2 is 2.27 bits per heavy atom. The molecular formula is C7H12I2O2. The Kier molecular flexibility index (Phi) is 3.30. The summed E-state index contributed by atoms with van der Waals surface area (Å²) >= 11 is 4.24. The molecule has 0 aliphatic heterocycles. The van der Waals surface area contributed by atoms with E-state index in [1.807, 2.05) is 0 Å². The van der Waals surface area contributed by atoms with Crippen LogP contribution in [0.2, 0.25) is 0 Å². The first-order chi connectivity index (χ1) is 5.70. The standard InChI is InChI=1S/C7H12O2.I2/c8-4-7-3-5(7)1-2-6(7)9;1-2/h5-6,8-9H,1-4H2;/t5-,6?,7-;/m0./s1/i1T;/t1?,5-,6?,7-;. The quantitative estimate of drug-likeness (QED) is 0.679. The van der Waals surface area contributed by atoms with Crippen LogP contribution in [0.1, 0.15) is 20.6 Å². The molecule has 0 spiro atoms. The SMILES string of the molecule is II.[3H]C1CC(O)[C@]2(CO)C[C@H]12. The molecular weight excluding hydrogens is 370 g/mol. The van der Waals surface area contributed by atoms with E-state index in [0.29, 0.717) is 6.42 Å². The van der Waals surface area contributed by atoms with Gasteiger partial charge in [0, 0.05) is 44.0 Å². The number of aliphatic hydroxyl groups excluding tert-OH is 2. The molecule has 11 heavy (non-hydrogen) atoms. The van der Waals surface area contributed by atoms with Crippen LogP contribution < -0.4 is 0 Å². The van der Waals surface area contributed by atoms with Crippen LogP contribution >= 0.6 is 37.2 Å². The van der Waals surface area contributed by atoms with Gasteiger partial charge in [0.1, 0.15) is 0 Å². The minimum atomic E-state index is -0.412. The summed E-state index contributed by atoms with van der Waals surface area (Å²) in [6, 6.07) is 0. The van der Waals surface area contributed by atoms with Gasteiger partial charge in [-0.2, -0.15) is 0 Å². The average Bonchev–Trinajstić information content (AvgIpc) is 2.78. The van der Waals surface area contributed by atoms with E-state index in [1.165, 1.54) is 0 Å². The lowest BCUT2D eigenvalue weighted by atomic mass is 10.0. The van der Waals surface area contributed by atoms with Crippen molar-refractivity contribution >= 4 is 37.2 Å². The summed E-state index contributed by atoms with van der Waals surface area (Å²) in [6.45, 7) is 0.0637. The molecule has 4 heteroatoms. The van der Waals surface area contributed by atoms with Crippen LogP contribution in [0.4, 0.5) is 0 Å². The highest BCUT2D eigenvalue weighted by Gasteiger charge is 2.61. The van der Waals surface area contributed by atoms with Gasteiger partial charge in [-0.05, 0) is 25.2 Å². The molecule has 2 fully saturated rings. The third kappa shape index (κ3) is 1.68. The highest BCUT2D eigenvalue weighted by molar-refractivity contribution is 15.0. The number of aliphatic hydroxyl groups is 2. The van der Waals surface area contributed by atoms with E-state index >= 15 is 0 Å². The number of hydrogen-bond acceptors (Lipinski definition) is 2. The zero-order chi connectivity index (χ0) is 9.35. The van der Waals surface area contributed by atoms with Gasteiger partial charge in [0.15, 0.2) is 0 Å². The molecule has 2 rings (SSSR count). The van der Waals surface area contributed by atoms with Crippen molar-refractivity contribution in [2.75, 3.05) is 6.61 Å². The highest BCUT2D eigenvalue weighted by atomic mass is 128. The molecule has 66 valence electrons. The zero-order valence-electron chi connectivity index (χ0n) is 7.00. The minimum Gasteiger partial charge on any atom is -0.396 e. The van der Waals surface area contributed by atoms with Gasteiger partial charge in [0.25, 0.3) is 0 Å². The molecule has 0 aromatic heterocycles. The summed E-state index contributed by atoms with van der Waals surface area (Å²) in [5.41, 5.74) is -0.244. The summed E-state index contributed by atoms with van der Waals surface area (Å²) in [4.78, 5) is 0. The van der Waals surface area contributed by atoms with Crippen LogP contribution in [0.3, 0.4) is 0 Å². The third-order valence-electron chi connectivity index (χ3n) is 2.78. The van der Waals surface area contributed by atoms with Crippen LogP contribution in [-0.2, 0) is 0 Å². The smallest absolute Gasteiger partial charge is 0.0621 e. The fourth-order valence-electron chi connectivity index (χ4n) is 1.87. The van der Waals surface area contributed by atoms with Gasteiger partial charge in [-0.25, -0.2) is 0 Å². The zero-order valence-corrected chi connectivity index (χ0v) is 10.3. The van der Waals surface area contributed by atoms with Crippen molar-refractivity contribution in [2.45, 2.75) is 25.3 Å². The van der Waals surface area contributed by atoms with Gasteiger partial charge < -0.3 is 10.2 Å². The second kappa shape index (κ2) is 4.06. The predicted molar refractivity (Wildman–Crippen MR) is 60.9 cm³/mol. The monoisotopic (exact) mass is 384 g/mol. The van der Waals surface area contributed by atoms with Gasteiger partial charge in [-0.1, -0.05) is 0 Å². The molecule has 0 radical (unpaired) electrons. The molecule has 2 N–H and O–H groups in total. The van der Waals surface area contributed by atoms with E-state index < -0.39 is 6.10 Å². The summed E-state index contributed by atoms with van der Waals surface area (Å²) < 4.78 is 7.47. The normalized spacial score (nSPS) is 53.8. The van der Waals surface area contributed by atoms with Gasteiger partial charge >= 0.3 is 0 Å². The van der Waals surface area contributed by atoms with Crippen LogP contribution in [-0.4, -0.2) is 22.9 Å². The number of hydrogen-bond donors (Lipinski definition) is 2. The predicted octanol–water partition coefficient (Wildman–Crippen LogP) is 1.91. The molecule has 0 aromatic rings. The van der Waals surface area contributed by atoms with Gasteiger partial charge in [0.05, 0.1) is 12.7 Å². The van der Waals surface area contributed by atoms with E-state index in [0.717, 1.165) is 6.42 Å². The molecule has 0 bridgehead atoms. The first-order valence-corrected chi connectivity index (χ1v) is 9.85. The Morgan fingerprint density at radius 3 is 2.45 bits per heavy atom. The van der Waals surface area contributed by atoms with Gasteiger partial charge in [0.2, 0.25) is 0 Å². The molecule has 2 aliphatic carbocycles. The van der Waals surface area contributed by atoms with Crippen molar-refractivity contribution < 1.29 is 11.6 Å². The molecule has 0 amide bonds. The van der Waals surface area contributed by atoms with E-state index in [9.17, 15) is 5.11 Å². The van der Waals surface area contributed by atoms with E-state index in [1.54, 1.807) is 0 Å². The minimum absolute atomic E-state index is 0.0637. The maximum absolute atomic E-state index is 9.38. The highest BCUT2D eigenvalue weighted by Crippen LogP contribution is 2.62. The molecule has 0 saturated heterocycles. The fraction of sp³-hybridized carbons (Fsp3) is 1.00. The molecule has 2 aliphatic rings. The Balaban J connectivity index is 0.000000336. The molecule has 4 atom stereocenters. The van der Waals surface area contributed by atoms with Crippen molar-refractivity contribution in [3.8, 4) is 0 Å². The summed E-state index contributed by atoms with van der Waals surface area (Å²) in [6.07, 6.45) is 0.886. The largest absolute Gasteiger partial charge is 0.396 e. The molecule has 0 aromatic carbocycles. The van der Waals surface area contributed by atoms with Crippen LogP contribution in [0.25, 0.3) is 0 Å². The lowest BCUT2D eigenvalue weighted by molar-refractivity contribution is 0.0612. The number of rotatable bonds is 1. The van der Waals surface area contributed by atoms with Gasteiger partial charge in [-0.15, -0.1) is 0 Å². The molecule has 2 unspecified atom stereocenters. The lowest BCUT2D eigenvalue weighted by Crippen LogP contribution is -2.22. The maximum Gasteiger partial charge on any atom is 0.0621 e. The van der Waals surface area contributed by atoms with Crippen molar-refractivity contribution in [3.63, 3.8) is 0 Å². The summed E-state index contributed by atoms with van der Waals surface area (Å²) in [5.74, 6) is 0.285. The van der Waals surface area contributed by atoms with Crippen molar-refractivity contribution in [2.24, 2.45) is 11.3 Å². The first kappa shape index (κ1) is 8.96. The molecule has 0 heterocycles. The van der Waals surface area contributed by atoms with E-state index in [4.69, 9.17) is 6.48 Å². The summed E-state index contributed by atoms with van der Waals surface area (Å²) in [5, 5.41) is 18.3. The topological polar surface area (TPSA) is 40.5 Å². The Bertz CT molecular complexity index is 165. The number of halogens is 2. The number of fused-ring (bicyclic) bond motifs is 1. The average molecular weight is 384 g/mol. The van der Waals surface area contributed by atoms with Crippen molar-refractivity contribution in [1.29, 1.82) is 0 Å². The van der Waals surface area contributed by atoms with Crippen LogP contribution in [0.15, 0.2) is 0 Å². The fourth-order valence-corrected chi connectivity index (χ4v) is 1.87. The second-order valence-corrected chi connectivity index (χ2v) is 3.19.